The Morgan fingerprint density at radius 3 is 2.78 bits per heavy atom. The number of anilines is 2. The molecule has 1 saturated heterocycles. The number of halogens is 1. The van der Waals surface area contributed by atoms with Crippen LogP contribution in [0.2, 0.25) is 0 Å². The lowest BCUT2D eigenvalue weighted by molar-refractivity contribution is 0.0996. The lowest BCUT2D eigenvalue weighted by atomic mass is 10.0. The fourth-order valence-electron chi connectivity index (χ4n) is 4.46. The van der Waals surface area contributed by atoms with E-state index < -0.39 is 5.82 Å². The van der Waals surface area contributed by atoms with Gasteiger partial charge in [-0.05, 0) is 49.2 Å². The van der Waals surface area contributed by atoms with E-state index in [0.717, 1.165) is 30.9 Å². The van der Waals surface area contributed by atoms with Crippen molar-refractivity contribution in [1.29, 1.82) is 0 Å². The third-order valence-electron chi connectivity index (χ3n) is 6.05. The highest BCUT2D eigenvalue weighted by molar-refractivity contribution is 6.10. The van der Waals surface area contributed by atoms with E-state index >= 15 is 0 Å². The summed E-state index contributed by atoms with van der Waals surface area (Å²) in [5.74, 6) is 1.12. The van der Waals surface area contributed by atoms with Gasteiger partial charge in [0, 0.05) is 36.5 Å². The maximum absolute atomic E-state index is 14.8. The second-order valence-electron chi connectivity index (χ2n) is 8.25. The zero-order valence-corrected chi connectivity index (χ0v) is 18.0. The van der Waals surface area contributed by atoms with E-state index in [2.05, 4.69) is 9.88 Å². The first kappa shape index (κ1) is 20.4. The van der Waals surface area contributed by atoms with Crippen LogP contribution in [0, 0.1) is 12.7 Å². The number of carbonyl (C=O) groups is 1. The Bertz CT molecular complexity index is 1210. The minimum absolute atomic E-state index is 0.128. The van der Waals surface area contributed by atoms with Gasteiger partial charge in [-0.2, -0.15) is 0 Å². The van der Waals surface area contributed by atoms with E-state index in [9.17, 15) is 9.18 Å². The average molecular weight is 433 g/mol. The Hall–Kier alpha value is -3.52. The molecular formula is C24H24FN5O2. The standard InChI is InChI=1S/C24H24FN5O2/c1-14-10-20(29-9-7-15(26)12-29)28-21(11-14)30-13-17-16(24(30)31)6-8-27-23(17)22-18(25)4-3-5-19(22)32-2/h3-6,8,10-11,15H,7,9,12-13,26H2,1-2H3/t15-/m1/s1. The average Bonchev–Trinajstić information content (AvgIpc) is 3.37. The van der Waals surface area contributed by atoms with Crippen LogP contribution in [0.25, 0.3) is 11.3 Å². The largest absolute Gasteiger partial charge is 0.496 e. The number of ether oxygens (including phenoxy) is 1. The highest BCUT2D eigenvalue weighted by Crippen LogP contribution is 2.38. The van der Waals surface area contributed by atoms with Gasteiger partial charge < -0.3 is 15.4 Å². The number of nitrogens with two attached hydrogens (primary N) is 1. The first-order valence-corrected chi connectivity index (χ1v) is 10.6. The predicted octanol–water partition coefficient (Wildman–Crippen LogP) is 3.30. The van der Waals surface area contributed by atoms with Gasteiger partial charge in [-0.1, -0.05) is 6.07 Å². The number of aromatic nitrogens is 2. The molecule has 2 aromatic heterocycles. The Morgan fingerprint density at radius 1 is 1.22 bits per heavy atom. The minimum Gasteiger partial charge on any atom is -0.496 e. The summed E-state index contributed by atoms with van der Waals surface area (Å²) in [7, 11) is 1.49. The SMILES string of the molecule is COc1cccc(F)c1-c1nccc2c1CN(c1cc(C)cc(N3CC[C@@H](N)C3)n1)C2=O. The van der Waals surface area contributed by atoms with Crippen molar-refractivity contribution < 1.29 is 13.9 Å². The maximum atomic E-state index is 14.8. The summed E-state index contributed by atoms with van der Waals surface area (Å²) >= 11 is 0. The number of nitrogens with zero attached hydrogens (tertiary/aromatic N) is 4. The predicted molar refractivity (Wildman–Crippen MR) is 120 cm³/mol. The molecule has 164 valence electrons. The number of amides is 1. The van der Waals surface area contributed by atoms with E-state index in [0.29, 0.717) is 28.4 Å². The molecule has 0 aliphatic carbocycles. The number of aryl methyl sites for hydroxylation is 1. The second kappa shape index (κ2) is 7.87. The minimum atomic E-state index is -0.447. The van der Waals surface area contributed by atoms with Crippen molar-refractivity contribution in [1.82, 2.24) is 9.97 Å². The highest BCUT2D eigenvalue weighted by Gasteiger charge is 2.34. The first-order valence-electron chi connectivity index (χ1n) is 10.6. The number of methoxy groups -OCH3 is 1. The molecule has 4 heterocycles. The van der Waals surface area contributed by atoms with Gasteiger partial charge in [0.2, 0.25) is 0 Å². The lowest BCUT2D eigenvalue weighted by Crippen LogP contribution is -2.28. The third kappa shape index (κ3) is 3.36. The number of rotatable bonds is 4. The van der Waals surface area contributed by atoms with Gasteiger partial charge >= 0.3 is 0 Å². The van der Waals surface area contributed by atoms with Crippen LogP contribution >= 0.6 is 0 Å². The van der Waals surface area contributed by atoms with Gasteiger partial charge in [0.05, 0.1) is 24.9 Å². The molecule has 0 bridgehead atoms. The molecule has 0 unspecified atom stereocenters. The Morgan fingerprint density at radius 2 is 2.03 bits per heavy atom. The van der Waals surface area contributed by atoms with Crippen LogP contribution in [0.4, 0.5) is 16.0 Å². The molecule has 2 aliphatic heterocycles. The molecule has 2 aliphatic rings. The fourth-order valence-corrected chi connectivity index (χ4v) is 4.46. The number of hydrogen-bond acceptors (Lipinski definition) is 6. The number of benzene rings is 1. The van der Waals surface area contributed by atoms with Crippen LogP contribution in [0.15, 0.2) is 42.6 Å². The van der Waals surface area contributed by atoms with E-state index in [1.807, 2.05) is 19.1 Å². The molecule has 0 saturated carbocycles. The van der Waals surface area contributed by atoms with Crippen molar-refractivity contribution in [3.05, 3.63) is 65.1 Å². The summed E-state index contributed by atoms with van der Waals surface area (Å²) in [5, 5.41) is 0. The molecule has 5 rings (SSSR count). The van der Waals surface area contributed by atoms with Crippen molar-refractivity contribution >= 4 is 17.5 Å². The molecule has 1 atom stereocenters. The molecule has 1 amide bonds. The Balaban J connectivity index is 1.55. The number of carbonyl (C=O) groups excluding carboxylic acids is 1. The molecule has 2 N–H and O–H groups in total. The van der Waals surface area contributed by atoms with Gasteiger partial charge in [-0.3, -0.25) is 14.7 Å². The Kier molecular flexibility index (Phi) is 5.01. The van der Waals surface area contributed by atoms with Crippen LogP contribution in [-0.4, -0.2) is 42.1 Å². The maximum Gasteiger partial charge on any atom is 0.260 e. The molecular weight excluding hydrogens is 409 g/mol. The summed E-state index contributed by atoms with van der Waals surface area (Å²) < 4.78 is 20.1. The highest BCUT2D eigenvalue weighted by atomic mass is 19.1. The normalized spacial score (nSPS) is 17.8. The summed E-state index contributed by atoms with van der Waals surface area (Å²) in [6.07, 6.45) is 2.45. The number of fused-ring (bicyclic) bond motifs is 1. The molecule has 1 aromatic carbocycles. The molecule has 1 fully saturated rings. The monoisotopic (exact) mass is 433 g/mol. The van der Waals surface area contributed by atoms with Crippen molar-refractivity contribution in [2.24, 2.45) is 5.73 Å². The smallest absolute Gasteiger partial charge is 0.260 e. The van der Waals surface area contributed by atoms with E-state index in [-0.39, 0.29) is 24.1 Å². The van der Waals surface area contributed by atoms with Crippen LogP contribution < -0.4 is 20.3 Å². The molecule has 3 aromatic rings. The summed E-state index contributed by atoms with van der Waals surface area (Å²) in [6, 6.07) is 10.3. The quantitative estimate of drug-likeness (QED) is 0.680. The van der Waals surface area contributed by atoms with Crippen LogP contribution in [-0.2, 0) is 6.54 Å². The van der Waals surface area contributed by atoms with Crippen LogP contribution in [0.3, 0.4) is 0 Å². The zero-order valence-electron chi connectivity index (χ0n) is 18.0. The van der Waals surface area contributed by atoms with Gasteiger partial charge in [0.15, 0.2) is 0 Å². The van der Waals surface area contributed by atoms with Crippen LogP contribution in [0.5, 0.6) is 5.75 Å². The topological polar surface area (TPSA) is 84.6 Å². The summed E-state index contributed by atoms with van der Waals surface area (Å²) in [6.45, 7) is 3.82. The molecule has 8 heteroatoms. The van der Waals surface area contributed by atoms with Crippen molar-refractivity contribution in [2.75, 3.05) is 30.0 Å². The molecule has 0 radical (unpaired) electrons. The van der Waals surface area contributed by atoms with Crippen molar-refractivity contribution in [3.8, 4) is 17.0 Å². The fraction of sp³-hybridized carbons (Fsp3) is 0.292. The molecule has 7 nitrogen and oxygen atoms in total. The van der Waals surface area contributed by atoms with E-state index in [4.69, 9.17) is 15.5 Å². The Labute approximate surface area is 185 Å². The van der Waals surface area contributed by atoms with Gasteiger partial charge in [0.25, 0.3) is 5.91 Å². The van der Waals surface area contributed by atoms with E-state index in [1.54, 1.807) is 23.1 Å². The lowest BCUT2D eigenvalue weighted by Gasteiger charge is -2.21. The van der Waals surface area contributed by atoms with Crippen molar-refractivity contribution in [3.63, 3.8) is 0 Å². The van der Waals surface area contributed by atoms with Gasteiger partial charge in [-0.15, -0.1) is 0 Å². The second-order valence-corrected chi connectivity index (χ2v) is 8.25. The van der Waals surface area contributed by atoms with Gasteiger partial charge in [0.1, 0.15) is 23.2 Å². The van der Waals surface area contributed by atoms with Crippen LogP contribution in [0.1, 0.15) is 27.9 Å². The molecule has 32 heavy (non-hydrogen) atoms. The van der Waals surface area contributed by atoms with Gasteiger partial charge in [-0.25, -0.2) is 9.37 Å². The van der Waals surface area contributed by atoms with E-state index in [1.165, 1.54) is 19.4 Å². The summed E-state index contributed by atoms with van der Waals surface area (Å²) in [4.78, 5) is 26.3. The number of hydrogen-bond donors (Lipinski definition) is 1. The zero-order chi connectivity index (χ0) is 22.4. The first-order chi connectivity index (χ1) is 15.5. The van der Waals surface area contributed by atoms with Crippen molar-refractivity contribution in [2.45, 2.75) is 25.9 Å². The molecule has 0 spiro atoms. The summed E-state index contributed by atoms with van der Waals surface area (Å²) in [5.41, 5.74) is 8.89. The third-order valence-corrected chi connectivity index (χ3v) is 6.05. The number of pyridine rings is 2.